The van der Waals surface area contributed by atoms with Crippen LogP contribution >= 0.6 is 0 Å². The lowest BCUT2D eigenvalue weighted by Gasteiger charge is -2.28. The number of likely N-dealkylation sites (N-methyl/N-ethyl adjacent to an activating group) is 2. The first kappa shape index (κ1) is 22.4. The maximum atomic E-state index is 10.7. The molecule has 0 aromatic carbocycles. The smallest absolute Gasteiger partial charge is 0.314 e. The van der Waals surface area contributed by atoms with E-state index in [-0.39, 0.29) is 18.4 Å². The summed E-state index contributed by atoms with van der Waals surface area (Å²) in [5, 5.41) is 3.02. The van der Waals surface area contributed by atoms with Crippen LogP contribution in [0.2, 0.25) is 0 Å². The summed E-state index contributed by atoms with van der Waals surface area (Å²) >= 11 is 0. The molecule has 0 bridgehead atoms. The Kier molecular flexibility index (Phi) is 13.6. The fraction of sp³-hybridized carbons (Fsp3) is 0.923. The molecule has 0 spiro atoms. The molecule has 0 aromatic heterocycles. The number of nitrogens with two attached hydrogens (primary N) is 1. The molecule has 0 rings (SSSR count). The number of rotatable bonds is 8. The van der Waals surface area contributed by atoms with Gasteiger partial charge in [0.25, 0.3) is 0 Å². The molecule has 3 N–H and O–H groups in total. The molecule has 0 aliphatic carbocycles. The van der Waals surface area contributed by atoms with Gasteiger partial charge in [-0.15, -0.1) is 0 Å². The van der Waals surface area contributed by atoms with Gasteiger partial charge in [0.2, 0.25) is 0 Å². The van der Waals surface area contributed by atoms with Crippen molar-refractivity contribution in [3.63, 3.8) is 0 Å². The minimum absolute atomic E-state index is 0.144. The third kappa shape index (κ3) is 8.84. The molecule has 0 radical (unpaired) electrons. The van der Waals surface area contributed by atoms with E-state index >= 15 is 0 Å². The Balaban J connectivity index is 0. The SMILES string of the molecule is CNC(C)C(OC)OC.COC(OC)C(C)N(C)C(N)=O. The highest BCUT2D eigenvalue weighted by Crippen LogP contribution is 2.05. The molecule has 8 nitrogen and oxygen atoms in total. The zero-order chi connectivity index (χ0) is 17.0. The first-order chi connectivity index (χ1) is 9.80. The number of nitrogens with one attached hydrogen (secondary N) is 1. The lowest BCUT2D eigenvalue weighted by atomic mass is 10.3. The summed E-state index contributed by atoms with van der Waals surface area (Å²) in [5.74, 6) is 0. The van der Waals surface area contributed by atoms with Gasteiger partial charge in [0.1, 0.15) is 0 Å². The molecule has 0 aliphatic rings. The maximum absolute atomic E-state index is 10.7. The first-order valence-corrected chi connectivity index (χ1v) is 6.61. The van der Waals surface area contributed by atoms with E-state index in [0.29, 0.717) is 0 Å². The van der Waals surface area contributed by atoms with E-state index in [1.54, 1.807) is 28.2 Å². The second kappa shape index (κ2) is 12.8. The summed E-state index contributed by atoms with van der Waals surface area (Å²) in [6.07, 6.45) is -0.586. The summed E-state index contributed by atoms with van der Waals surface area (Å²) in [5.41, 5.74) is 5.06. The van der Waals surface area contributed by atoms with Gasteiger partial charge >= 0.3 is 6.03 Å². The van der Waals surface area contributed by atoms with Crippen molar-refractivity contribution in [2.45, 2.75) is 38.5 Å². The average Bonchev–Trinajstić information content (AvgIpc) is 2.48. The van der Waals surface area contributed by atoms with Gasteiger partial charge < -0.3 is 34.9 Å². The van der Waals surface area contributed by atoms with Gasteiger partial charge in [-0.3, -0.25) is 0 Å². The van der Waals surface area contributed by atoms with E-state index in [1.807, 2.05) is 14.0 Å². The number of ether oxygens (including phenoxy) is 4. The Morgan fingerprint density at radius 3 is 1.57 bits per heavy atom. The number of carbonyl (C=O) groups excluding carboxylic acids is 1. The van der Waals surface area contributed by atoms with Crippen LogP contribution in [-0.4, -0.2) is 78.1 Å². The number of hydrogen-bond donors (Lipinski definition) is 2. The Morgan fingerprint density at radius 2 is 1.38 bits per heavy atom. The normalized spacial score (nSPS) is 13.6. The first-order valence-electron chi connectivity index (χ1n) is 6.61. The number of hydrogen-bond acceptors (Lipinski definition) is 6. The standard InChI is InChI=1S/C7H16N2O3.C6H15NO2/c1-5(6(11-3)12-4)9(2)7(8)10;1-5(7-2)6(8-3)9-4/h5-6H,1-4H3,(H2,8,10);5-7H,1-4H3. The Hall–Kier alpha value is -0.930. The van der Waals surface area contributed by atoms with Crippen molar-refractivity contribution in [1.82, 2.24) is 10.2 Å². The predicted octanol–water partition coefficient (Wildman–Crippen LogP) is 0.218. The number of urea groups is 1. The molecule has 2 unspecified atom stereocenters. The van der Waals surface area contributed by atoms with Gasteiger partial charge in [-0.1, -0.05) is 0 Å². The van der Waals surface area contributed by atoms with Crippen molar-refractivity contribution in [2.24, 2.45) is 5.73 Å². The minimum atomic E-state index is -0.499. The van der Waals surface area contributed by atoms with E-state index in [1.165, 1.54) is 19.1 Å². The topological polar surface area (TPSA) is 95.3 Å². The zero-order valence-corrected chi connectivity index (χ0v) is 14.4. The van der Waals surface area contributed by atoms with Gasteiger partial charge in [-0.05, 0) is 20.9 Å². The highest BCUT2D eigenvalue weighted by atomic mass is 16.7. The molecule has 0 heterocycles. The monoisotopic (exact) mass is 309 g/mol. The summed E-state index contributed by atoms with van der Waals surface area (Å²) in [6, 6.07) is -0.459. The third-order valence-electron chi connectivity index (χ3n) is 3.15. The van der Waals surface area contributed by atoms with Crippen LogP contribution in [0.4, 0.5) is 4.79 Å². The summed E-state index contributed by atoms with van der Waals surface area (Å²) in [7, 11) is 9.75. The van der Waals surface area contributed by atoms with Gasteiger partial charge in [0.05, 0.1) is 12.1 Å². The van der Waals surface area contributed by atoms with Gasteiger partial charge in [-0.2, -0.15) is 0 Å². The van der Waals surface area contributed by atoms with Crippen LogP contribution in [0.25, 0.3) is 0 Å². The average molecular weight is 309 g/mol. The van der Waals surface area contributed by atoms with Crippen molar-refractivity contribution >= 4 is 6.03 Å². The molecule has 0 aliphatic heterocycles. The molecule has 0 saturated carbocycles. The molecule has 8 heteroatoms. The molecule has 0 aromatic rings. The fourth-order valence-electron chi connectivity index (χ4n) is 1.51. The maximum Gasteiger partial charge on any atom is 0.314 e. The Bertz CT molecular complexity index is 260. The summed E-state index contributed by atoms with van der Waals surface area (Å²) in [4.78, 5) is 12.1. The van der Waals surface area contributed by atoms with Crippen LogP contribution in [0.5, 0.6) is 0 Å². The van der Waals surface area contributed by atoms with E-state index in [9.17, 15) is 4.79 Å². The number of methoxy groups -OCH3 is 4. The highest BCUT2D eigenvalue weighted by Gasteiger charge is 2.22. The van der Waals surface area contributed by atoms with Crippen LogP contribution in [-0.2, 0) is 18.9 Å². The van der Waals surface area contributed by atoms with Crippen LogP contribution in [0.1, 0.15) is 13.8 Å². The zero-order valence-electron chi connectivity index (χ0n) is 14.4. The molecule has 2 atom stereocenters. The number of amides is 2. The van der Waals surface area contributed by atoms with Crippen molar-refractivity contribution in [1.29, 1.82) is 0 Å². The highest BCUT2D eigenvalue weighted by molar-refractivity contribution is 5.71. The van der Waals surface area contributed by atoms with E-state index in [2.05, 4.69) is 5.32 Å². The Labute approximate surface area is 127 Å². The largest absolute Gasteiger partial charge is 0.354 e. The number of carbonyl (C=O) groups is 1. The van der Waals surface area contributed by atoms with Crippen LogP contribution in [0, 0.1) is 0 Å². The minimum Gasteiger partial charge on any atom is -0.354 e. The number of primary amides is 1. The number of nitrogens with zero attached hydrogens (tertiary/aromatic N) is 1. The van der Waals surface area contributed by atoms with E-state index < -0.39 is 12.3 Å². The van der Waals surface area contributed by atoms with Crippen LogP contribution in [0.3, 0.4) is 0 Å². The predicted molar refractivity (Wildman–Crippen MR) is 80.9 cm³/mol. The molecule has 0 fully saturated rings. The molecular formula is C13H31N3O5. The van der Waals surface area contributed by atoms with E-state index in [4.69, 9.17) is 24.7 Å². The third-order valence-corrected chi connectivity index (χ3v) is 3.15. The van der Waals surface area contributed by atoms with Crippen molar-refractivity contribution in [3.8, 4) is 0 Å². The lowest BCUT2D eigenvalue weighted by molar-refractivity contribution is -0.133. The van der Waals surface area contributed by atoms with E-state index in [0.717, 1.165) is 0 Å². The molecule has 0 saturated heterocycles. The van der Waals surface area contributed by atoms with Crippen LogP contribution < -0.4 is 11.1 Å². The van der Waals surface area contributed by atoms with Crippen molar-refractivity contribution in [3.05, 3.63) is 0 Å². The van der Waals surface area contributed by atoms with Crippen molar-refractivity contribution in [2.75, 3.05) is 42.5 Å². The quantitative estimate of drug-likeness (QED) is 0.623. The Morgan fingerprint density at radius 1 is 1.00 bits per heavy atom. The van der Waals surface area contributed by atoms with Crippen LogP contribution in [0.15, 0.2) is 0 Å². The molecule has 128 valence electrons. The molecule has 2 amide bonds. The fourth-order valence-corrected chi connectivity index (χ4v) is 1.51. The van der Waals surface area contributed by atoms with Gasteiger partial charge in [0.15, 0.2) is 12.6 Å². The lowest BCUT2D eigenvalue weighted by Crippen LogP contribution is -2.46. The molecular weight excluding hydrogens is 278 g/mol. The summed E-state index contributed by atoms with van der Waals surface area (Å²) in [6.45, 7) is 3.79. The van der Waals surface area contributed by atoms with Crippen molar-refractivity contribution < 1.29 is 23.7 Å². The summed E-state index contributed by atoms with van der Waals surface area (Å²) < 4.78 is 19.9. The second-order valence-electron chi connectivity index (χ2n) is 4.45. The van der Waals surface area contributed by atoms with Gasteiger partial charge in [-0.25, -0.2) is 4.79 Å². The second-order valence-corrected chi connectivity index (χ2v) is 4.45. The van der Waals surface area contributed by atoms with Gasteiger partial charge in [0, 0.05) is 35.5 Å². The molecule has 21 heavy (non-hydrogen) atoms.